The molecule has 59 heavy (non-hydrogen) atoms. The van der Waals surface area contributed by atoms with Gasteiger partial charge in [0.1, 0.15) is 10.8 Å². The lowest BCUT2D eigenvalue weighted by molar-refractivity contribution is 0.840. The minimum absolute atomic E-state index is 0.134. The van der Waals surface area contributed by atoms with Crippen molar-refractivity contribution in [1.82, 2.24) is 9.55 Å². The first-order valence-corrected chi connectivity index (χ1v) is 21.1. The van der Waals surface area contributed by atoms with E-state index in [-0.39, 0.29) is 5.92 Å². The van der Waals surface area contributed by atoms with Gasteiger partial charge in [-0.05, 0) is 81.9 Å². The average Bonchev–Trinajstić information content (AvgIpc) is 3.89. The summed E-state index contributed by atoms with van der Waals surface area (Å²) in [5.74, 6) is 0.654. The highest BCUT2D eigenvalue weighted by Gasteiger charge is 2.20. The molecule has 0 bridgehead atoms. The summed E-state index contributed by atoms with van der Waals surface area (Å²) in [6.45, 7) is 4.50. The monoisotopic (exact) mass is 778 g/mol. The van der Waals surface area contributed by atoms with E-state index in [4.69, 9.17) is 15.7 Å². The molecule has 8 aromatic carbocycles. The SMILES string of the molecule is CC/C(=C(/N=C(N)c1ccccc1)c1ccccc1)C(C)c1ccc2cc(-c3ccc(-n4c5ccccc5c5cccc(-c6nc7ccccc7s6)c54)cc3)ccc2c1. The van der Waals surface area contributed by atoms with Crippen molar-refractivity contribution in [3.8, 4) is 27.4 Å². The van der Waals surface area contributed by atoms with Gasteiger partial charge in [-0.15, -0.1) is 11.3 Å². The molecule has 284 valence electrons. The van der Waals surface area contributed by atoms with Crippen molar-refractivity contribution in [2.24, 2.45) is 10.7 Å². The quantitative estimate of drug-likeness (QED) is 0.117. The Bertz CT molecular complexity index is 3180. The lowest BCUT2D eigenvalue weighted by Crippen LogP contribution is -2.14. The number of aromatic nitrogens is 2. The Morgan fingerprint density at radius 2 is 1.31 bits per heavy atom. The average molecular weight is 779 g/mol. The largest absolute Gasteiger partial charge is 0.383 e. The summed E-state index contributed by atoms with van der Waals surface area (Å²) < 4.78 is 3.60. The minimum atomic E-state index is 0.134. The third-order valence-corrected chi connectivity index (χ3v) is 12.7. The predicted octanol–water partition coefficient (Wildman–Crippen LogP) is 14.2. The van der Waals surface area contributed by atoms with Crippen molar-refractivity contribution in [2.45, 2.75) is 26.2 Å². The molecule has 0 saturated heterocycles. The van der Waals surface area contributed by atoms with Crippen LogP contribution in [-0.2, 0) is 0 Å². The highest BCUT2D eigenvalue weighted by molar-refractivity contribution is 7.21. The molecular weight excluding hydrogens is 737 g/mol. The second-order valence-electron chi connectivity index (χ2n) is 15.1. The number of nitrogens with two attached hydrogens (primary N) is 1. The molecule has 0 aliphatic carbocycles. The van der Waals surface area contributed by atoms with E-state index >= 15 is 0 Å². The first kappa shape index (κ1) is 36.3. The third kappa shape index (κ3) is 6.69. The summed E-state index contributed by atoms with van der Waals surface area (Å²) in [6, 6.07) is 66.8. The second kappa shape index (κ2) is 15.4. The number of aliphatic imine (C=N–C) groups is 1. The van der Waals surface area contributed by atoms with Gasteiger partial charge in [0, 0.05) is 39.1 Å². The van der Waals surface area contributed by atoms with Gasteiger partial charge in [-0.2, -0.15) is 0 Å². The molecule has 2 heterocycles. The number of para-hydroxylation sites is 3. The summed E-state index contributed by atoms with van der Waals surface area (Å²) in [7, 11) is 0. The lowest BCUT2D eigenvalue weighted by atomic mass is 9.87. The maximum Gasteiger partial charge on any atom is 0.131 e. The fourth-order valence-electron chi connectivity index (χ4n) is 8.55. The van der Waals surface area contributed by atoms with E-state index in [0.29, 0.717) is 5.84 Å². The van der Waals surface area contributed by atoms with Crippen LogP contribution >= 0.6 is 11.3 Å². The van der Waals surface area contributed by atoms with Crippen LogP contribution in [0.1, 0.15) is 42.9 Å². The van der Waals surface area contributed by atoms with Crippen LogP contribution in [0, 0.1) is 0 Å². The number of rotatable bonds is 9. The third-order valence-electron chi connectivity index (χ3n) is 11.6. The van der Waals surface area contributed by atoms with Crippen molar-refractivity contribution in [2.75, 3.05) is 0 Å². The van der Waals surface area contributed by atoms with Crippen LogP contribution in [0.3, 0.4) is 0 Å². The topological polar surface area (TPSA) is 56.2 Å². The first-order chi connectivity index (χ1) is 29.0. The number of allylic oxidation sites excluding steroid dienone is 1. The number of fused-ring (bicyclic) bond motifs is 5. The maximum atomic E-state index is 6.63. The Kier molecular flexibility index (Phi) is 9.44. The molecule has 10 aromatic rings. The van der Waals surface area contributed by atoms with Crippen LogP contribution in [0.4, 0.5) is 0 Å². The molecule has 0 spiro atoms. The molecule has 0 radical (unpaired) electrons. The second-order valence-corrected chi connectivity index (χ2v) is 16.1. The first-order valence-electron chi connectivity index (χ1n) is 20.2. The molecule has 0 fully saturated rings. The van der Waals surface area contributed by atoms with Gasteiger partial charge in [0.05, 0.1) is 26.9 Å². The van der Waals surface area contributed by atoms with Crippen LogP contribution < -0.4 is 5.73 Å². The summed E-state index contributed by atoms with van der Waals surface area (Å²) >= 11 is 1.75. The van der Waals surface area contributed by atoms with Gasteiger partial charge in [-0.1, -0.05) is 159 Å². The fraction of sp³-hybridized carbons (Fsp3) is 0.0741. The van der Waals surface area contributed by atoms with Gasteiger partial charge in [0.25, 0.3) is 0 Å². The minimum Gasteiger partial charge on any atom is -0.383 e. The van der Waals surface area contributed by atoms with Gasteiger partial charge in [-0.3, -0.25) is 0 Å². The molecule has 0 aliphatic heterocycles. The zero-order valence-corrected chi connectivity index (χ0v) is 33.8. The number of hydrogen-bond donors (Lipinski definition) is 1. The zero-order chi connectivity index (χ0) is 39.9. The number of nitrogens with zero attached hydrogens (tertiary/aromatic N) is 3. The van der Waals surface area contributed by atoms with E-state index in [9.17, 15) is 0 Å². The molecule has 2 aromatic heterocycles. The van der Waals surface area contributed by atoms with E-state index in [1.54, 1.807) is 11.3 Å². The standard InChI is InChI=1S/C54H42N4S/c1-3-44(51(37-15-6-4-7-16-37)57-53(55)38-17-8-5-9-18-38)35(2)39-25-26-42-34-40(27-28-41(42)33-39)36-29-31-43(32-30-36)58-49-23-12-10-19-45(49)46-20-14-21-47(52(46)58)54-56-48-22-11-13-24-50(48)59-54/h4-35H,3H2,1-2H3,(H2,55,57)/b51-44-. The van der Waals surface area contributed by atoms with Crippen molar-refractivity contribution in [3.63, 3.8) is 0 Å². The lowest BCUT2D eigenvalue weighted by Gasteiger charge is -2.20. The molecule has 1 atom stereocenters. The Morgan fingerprint density at radius 1 is 0.644 bits per heavy atom. The van der Waals surface area contributed by atoms with Crippen LogP contribution in [0.25, 0.3) is 75.9 Å². The Morgan fingerprint density at radius 3 is 2.08 bits per heavy atom. The van der Waals surface area contributed by atoms with Crippen molar-refractivity contribution < 1.29 is 0 Å². The molecule has 10 rings (SSSR count). The predicted molar refractivity (Wildman–Crippen MR) is 252 cm³/mol. The van der Waals surface area contributed by atoms with Crippen LogP contribution in [0.5, 0.6) is 0 Å². The molecule has 0 amide bonds. The Balaban J connectivity index is 0.995. The summed E-state index contributed by atoms with van der Waals surface area (Å²) in [6.07, 6.45) is 0.849. The number of thiazole rings is 1. The van der Waals surface area contributed by atoms with E-state index < -0.39 is 0 Å². The van der Waals surface area contributed by atoms with Crippen LogP contribution in [0.15, 0.2) is 199 Å². The summed E-state index contributed by atoms with van der Waals surface area (Å²) in [5, 5.41) is 5.92. The molecule has 4 nitrogen and oxygen atoms in total. The van der Waals surface area contributed by atoms with Crippen molar-refractivity contribution >= 4 is 65.7 Å². The van der Waals surface area contributed by atoms with Gasteiger partial charge in [0.15, 0.2) is 0 Å². The number of hydrogen-bond acceptors (Lipinski definition) is 3. The Labute approximate surface area is 348 Å². The van der Waals surface area contributed by atoms with Crippen molar-refractivity contribution in [1.29, 1.82) is 0 Å². The van der Waals surface area contributed by atoms with Gasteiger partial charge in [-0.25, -0.2) is 9.98 Å². The zero-order valence-electron chi connectivity index (χ0n) is 33.0. The van der Waals surface area contributed by atoms with Gasteiger partial charge in [0.2, 0.25) is 0 Å². The molecule has 5 heteroatoms. The maximum absolute atomic E-state index is 6.63. The molecular formula is C54H42N4S. The molecule has 0 saturated carbocycles. The molecule has 0 aliphatic rings. The van der Waals surface area contributed by atoms with Crippen LogP contribution in [-0.4, -0.2) is 15.4 Å². The van der Waals surface area contributed by atoms with Gasteiger partial charge >= 0.3 is 0 Å². The van der Waals surface area contributed by atoms with E-state index in [1.165, 1.54) is 59.5 Å². The summed E-state index contributed by atoms with van der Waals surface area (Å²) in [4.78, 5) is 10.2. The van der Waals surface area contributed by atoms with E-state index in [2.05, 4.69) is 170 Å². The summed E-state index contributed by atoms with van der Waals surface area (Å²) in [5.41, 5.74) is 20.1. The van der Waals surface area contributed by atoms with E-state index in [1.807, 2.05) is 36.4 Å². The highest BCUT2D eigenvalue weighted by Crippen LogP contribution is 2.41. The molecule has 2 N–H and O–H groups in total. The van der Waals surface area contributed by atoms with Gasteiger partial charge < -0.3 is 10.3 Å². The number of benzene rings is 8. The smallest absolute Gasteiger partial charge is 0.131 e. The molecule has 1 unspecified atom stereocenters. The van der Waals surface area contributed by atoms with Crippen LogP contribution in [0.2, 0.25) is 0 Å². The Hall–Kier alpha value is -7.08. The highest BCUT2D eigenvalue weighted by atomic mass is 32.1. The normalized spacial score (nSPS) is 13.0. The van der Waals surface area contributed by atoms with Crippen molar-refractivity contribution in [3.05, 3.63) is 210 Å². The van der Waals surface area contributed by atoms with E-state index in [0.717, 1.165) is 45.0 Å². The fourth-order valence-corrected chi connectivity index (χ4v) is 9.55. The number of amidine groups is 1.